The predicted octanol–water partition coefficient (Wildman–Crippen LogP) is 0.984. The molecule has 114 valence electrons. The van der Waals surface area contributed by atoms with Gasteiger partial charge in [-0.25, -0.2) is 0 Å². The Bertz CT molecular complexity index is 337. The molecule has 20 heavy (non-hydrogen) atoms. The molecule has 0 saturated carbocycles. The molecule has 1 atom stereocenters. The molecule has 2 aliphatic heterocycles. The highest BCUT2D eigenvalue weighted by atomic mass is 32.1. The van der Waals surface area contributed by atoms with E-state index in [2.05, 4.69) is 17.1 Å². The lowest BCUT2D eigenvalue weighted by Crippen LogP contribution is -2.54. The summed E-state index contributed by atoms with van der Waals surface area (Å²) in [6.45, 7) is 6.95. The second-order valence-corrected chi connectivity index (χ2v) is 5.79. The van der Waals surface area contributed by atoms with Crippen LogP contribution in [-0.4, -0.2) is 66.3 Å². The number of rotatable bonds is 4. The van der Waals surface area contributed by atoms with Gasteiger partial charge in [0.1, 0.15) is 6.10 Å². The zero-order valence-electron chi connectivity index (χ0n) is 12.3. The van der Waals surface area contributed by atoms with Crippen LogP contribution in [-0.2, 0) is 9.53 Å². The summed E-state index contributed by atoms with van der Waals surface area (Å²) in [6, 6.07) is 0. The fourth-order valence-electron chi connectivity index (χ4n) is 2.59. The summed E-state index contributed by atoms with van der Waals surface area (Å²) in [5.41, 5.74) is 0. The highest BCUT2D eigenvalue weighted by Gasteiger charge is 2.30. The lowest BCUT2D eigenvalue weighted by atomic mass is 10.2. The molecule has 0 aromatic rings. The molecule has 0 aromatic heterocycles. The lowest BCUT2D eigenvalue weighted by Gasteiger charge is -2.37. The maximum absolute atomic E-state index is 12.2. The smallest absolute Gasteiger partial charge is 0.251 e. The van der Waals surface area contributed by atoms with Crippen LogP contribution in [0.4, 0.5) is 0 Å². The Kier molecular flexibility index (Phi) is 6.04. The SMILES string of the molecule is CCCCNC(=S)N1CCN(C(=O)C2CCCO2)CC1. The van der Waals surface area contributed by atoms with Crippen LogP contribution in [0.25, 0.3) is 0 Å². The van der Waals surface area contributed by atoms with Gasteiger partial charge in [-0.3, -0.25) is 4.79 Å². The minimum atomic E-state index is -0.198. The minimum Gasteiger partial charge on any atom is -0.368 e. The summed E-state index contributed by atoms with van der Waals surface area (Å²) in [6.07, 6.45) is 3.98. The Hall–Kier alpha value is -0.880. The van der Waals surface area contributed by atoms with E-state index in [1.54, 1.807) is 0 Å². The normalized spacial score (nSPS) is 22.9. The number of hydrogen-bond acceptors (Lipinski definition) is 3. The number of amides is 1. The van der Waals surface area contributed by atoms with Crippen LogP contribution in [0.5, 0.6) is 0 Å². The standard InChI is InChI=1S/C14H25N3O2S/c1-2-3-6-15-14(20)17-9-7-16(8-10-17)13(18)12-5-4-11-19-12/h12H,2-11H2,1H3,(H,15,20). The highest BCUT2D eigenvalue weighted by Crippen LogP contribution is 2.16. The Labute approximate surface area is 126 Å². The molecule has 2 heterocycles. The molecule has 2 aliphatic rings. The predicted molar refractivity (Wildman–Crippen MR) is 82.6 cm³/mol. The quantitative estimate of drug-likeness (QED) is 0.619. The molecule has 2 rings (SSSR count). The van der Waals surface area contributed by atoms with Crippen molar-refractivity contribution in [2.75, 3.05) is 39.3 Å². The van der Waals surface area contributed by atoms with Gasteiger partial charge in [0.2, 0.25) is 0 Å². The van der Waals surface area contributed by atoms with Gasteiger partial charge in [-0.1, -0.05) is 13.3 Å². The van der Waals surface area contributed by atoms with E-state index in [1.165, 1.54) is 6.42 Å². The van der Waals surface area contributed by atoms with E-state index in [4.69, 9.17) is 17.0 Å². The van der Waals surface area contributed by atoms with E-state index in [0.29, 0.717) is 0 Å². The van der Waals surface area contributed by atoms with Gasteiger partial charge < -0.3 is 19.9 Å². The van der Waals surface area contributed by atoms with E-state index in [-0.39, 0.29) is 12.0 Å². The van der Waals surface area contributed by atoms with Gasteiger partial charge in [-0.05, 0) is 31.5 Å². The Morgan fingerprint density at radius 3 is 2.60 bits per heavy atom. The summed E-state index contributed by atoms with van der Waals surface area (Å²) in [5, 5.41) is 4.10. The number of ether oxygens (including phenoxy) is 1. The van der Waals surface area contributed by atoms with Crippen molar-refractivity contribution >= 4 is 23.2 Å². The van der Waals surface area contributed by atoms with Crippen molar-refractivity contribution in [2.24, 2.45) is 0 Å². The number of piperazine rings is 1. The van der Waals surface area contributed by atoms with Crippen molar-refractivity contribution < 1.29 is 9.53 Å². The molecule has 2 fully saturated rings. The first-order chi connectivity index (χ1) is 9.72. The zero-order valence-corrected chi connectivity index (χ0v) is 13.1. The van der Waals surface area contributed by atoms with Crippen LogP contribution >= 0.6 is 12.2 Å². The van der Waals surface area contributed by atoms with E-state index in [1.807, 2.05) is 4.90 Å². The lowest BCUT2D eigenvalue weighted by molar-refractivity contribution is -0.142. The highest BCUT2D eigenvalue weighted by molar-refractivity contribution is 7.80. The summed E-state index contributed by atoms with van der Waals surface area (Å²) in [4.78, 5) is 16.3. The molecule has 0 spiro atoms. The van der Waals surface area contributed by atoms with Gasteiger partial charge in [-0.2, -0.15) is 0 Å². The van der Waals surface area contributed by atoms with Crippen LogP contribution in [0.2, 0.25) is 0 Å². The van der Waals surface area contributed by atoms with Gasteiger partial charge in [0.15, 0.2) is 5.11 Å². The van der Waals surface area contributed by atoms with Crippen molar-refractivity contribution in [1.29, 1.82) is 0 Å². The van der Waals surface area contributed by atoms with Crippen molar-refractivity contribution in [3.63, 3.8) is 0 Å². The second-order valence-electron chi connectivity index (χ2n) is 5.40. The van der Waals surface area contributed by atoms with Crippen LogP contribution in [0.15, 0.2) is 0 Å². The molecule has 0 aliphatic carbocycles. The number of carbonyl (C=O) groups is 1. The first kappa shape index (κ1) is 15.5. The first-order valence-corrected chi connectivity index (χ1v) is 8.06. The number of hydrogen-bond donors (Lipinski definition) is 1. The van der Waals surface area contributed by atoms with Crippen molar-refractivity contribution in [3.8, 4) is 0 Å². The van der Waals surface area contributed by atoms with Gasteiger partial charge in [0, 0.05) is 39.3 Å². The third-order valence-electron chi connectivity index (χ3n) is 3.89. The Balaban J connectivity index is 1.71. The number of unbranched alkanes of at least 4 members (excludes halogenated alkanes) is 1. The topological polar surface area (TPSA) is 44.8 Å². The van der Waals surface area contributed by atoms with Crippen molar-refractivity contribution in [3.05, 3.63) is 0 Å². The monoisotopic (exact) mass is 299 g/mol. The molecule has 1 unspecified atom stereocenters. The van der Waals surface area contributed by atoms with E-state index in [0.717, 1.165) is 63.7 Å². The van der Waals surface area contributed by atoms with Crippen LogP contribution < -0.4 is 5.32 Å². The van der Waals surface area contributed by atoms with Crippen LogP contribution in [0.3, 0.4) is 0 Å². The Morgan fingerprint density at radius 2 is 2.00 bits per heavy atom. The molecule has 6 heteroatoms. The van der Waals surface area contributed by atoms with Gasteiger partial charge >= 0.3 is 0 Å². The third-order valence-corrected chi connectivity index (χ3v) is 4.29. The summed E-state index contributed by atoms with van der Waals surface area (Å²) in [7, 11) is 0. The molecular weight excluding hydrogens is 274 g/mol. The summed E-state index contributed by atoms with van der Waals surface area (Å²) >= 11 is 5.39. The molecule has 2 saturated heterocycles. The molecule has 1 amide bonds. The summed E-state index contributed by atoms with van der Waals surface area (Å²) < 4.78 is 5.46. The average Bonchev–Trinajstić information content (AvgIpc) is 3.01. The number of nitrogens with one attached hydrogen (secondary N) is 1. The van der Waals surface area contributed by atoms with E-state index in [9.17, 15) is 4.79 Å². The molecule has 0 aromatic carbocycles. The zero-order chi connectivity index (χ0) is 14.4. The van der Waals surface area contributed by atoms with Crippen molar-refractivity contribution in [1.82, 2.24) is 15.1 Å². The van der Waals surface area contributed by atoms with Gasteiger partial charge in [-0.15, -0.1) is 0 Å². The fourth-order valence-corrected chi connectivity index (χ4v) is 2.87. The molecule has 0 bridgehead atoms. The first-order valence-electron chi connectivity index (χ1n) is 7.65. The number of nitrogens with zero attached hydrogens (tertiary/aromatic N) is 2. The maximum Gasteiger partial charge on any atom is 0.251 e. The van der Waals surface area contributed by atoms with Crippen LogP contribution in [0, 0.1) is 0 Å². The van der Waals surface area contributed by atoms with Gasteiger partial charge in [0.05, 0.1) is 0 Å². The van der Waals surface area contributed by atoms with Crippen LogP contribution in [0.1, 0.15) is 32.6 Å². The largest absolute Gasteiger partial charge is 0.368 e. The van der Waals surface area contributed by atoms with E-state index >= 15 is 0 Å². The maximum atomic E-state index is 12.2. The Morgan fingerprint density at radius 1 is 1.30 bits per heavy atom. The van der Waals surface area contributed by atoms with Crippen molar-refractivity contribution in [2.45, 2.75) is 38.7 Å². The molecule has 0 radical (unpaired) electrons. The molecular formula is C14H25N3O2S. The average molecular weight is 299 g/mol. The molecule has 5 nitrogen and oxygen atoms in total. The van der Waals surface area contributed by atoms with E-state index < -0.39 is 0 Å². The summed E-state index contributed by atoms with van der Waals surface area (Å²) in [5.74, 6) is 0.159. The number of thiocarbonyl (C=S) groups is 1. The third kappa shape index (κ3) is 4.06. The number of carbonyl (C=O) groups excluding carboxylic acids is 1. The van der Waals surface area contributed by atoms with Gasteiger partial charge in [0.25, 0.3) is 5.91 Å². The molecule has 1 N–H and O–H groups in total. The minimum absolute atomic E-state index is 0.159. The fraction of sp³-hybridized carbons (Fsp3) is 0.857. The second kappa shape index (κ2) is 7.78.